The molecule has 0 fully saturated rings. The van der Waals surface area contributed by atoms with E-state index in [2.05, 4.69) is 36.4 Å². The fraction of sp³-hybridized carbons (Fsp3) is 0.929. The van der Waals surface area contributed by atoms with E-state index in [1.165, 1.54) is 0 Å². The zero-order chi connectivity index (χ0) is 14.3. The topological polar surface area (TPSA) is 54.9 Å². The van der Waals surface area contributed by atoms with E-state index < -0.39 is 0 Å². The van der Waals surface area contributed by atoms with Gasteiger partial charge in [0.25, 0.3) is 0 Å². The number of aliphatic imine (C=N–C) groups is 1. The van der Waals surface area contributed by atoms with E-state index in [1.54, 1.807) is 7.11 Å². The van der Waals surface area contributed by atoms with Gasteiger partial charge in [-0.2, -0.15) is 0 Å². The van der Waals surface area contributed by atoms with Crippen LogP contribution in [0.4, 0.5) is 0 Å². The zero-order valence-corrected chi connectivity index (χ0v) is 15.7. The lowest BCUT2D eigenvalue weighted by atomic mass is 10.2. The number of methoxy groups -OCH3 is 1. The van der Waals surface area contributed by atoms with Crippen LogP contribution in [-0.2, 0) is 9.47 Å². The maximum atomic E-state index is 5.53. The lowest BCUT2D eigenvalue weighted by Gasteiger charge is -2.11. The van der Waals surface area contributed by atoms with Crippen molar-refractivity contribution in [3.8, 4) is 0 Å². The molecule has 0 radical (unpaired) electrons. The first-order valence-electron chi connectivity index (χ1n) is 7.29. The lowest BCUT2D eigenvalue weighted by Crippen LogP contribution is -2.38. The number of hydrogen-bond donors (Lipinski definition) is 2. The molecule has 0 amide bonds. The van der Waals surface area contributed by atoms with E-state index in [-0.39, 0.29) is 24.0 Å². The van der Waals surface area contributed by atoms with Crippen molar-refractivity contribution in [2.24, 2.45) is 10.9 Å². The fourth-order valence-electron chi connectivity index (χ4n) is 1.44. The molecule has 2 N–H and O–H groups in total. The molecule has 0 saturated carbocycles. The van der Waals surface area contributed by atoms with Crippen molar-refractivity contribution in [3.05, 3.63) is 0 Å². The molecule has 0 aromatic carbocycles. The summed E-state index contributed by atoms with van der Waals surface area (Å²) in [5, 5.41) is 6.53. The first-order chi connectivity index (χ1) is 9.20. The SMILES string of the molecule is CCNC(=NCCCOC)NCCCOCC(C)C.I. The molecule has 0 atom stereocenters. The standard InChI is InChI=1S/C14H31N3O2.HI/c1-5-15-14(16-8-6-10-18-4)17-9-7-11-19-12-13(2)3;/h13H,5-12H2,1-4H3,(H2,15,16,17);1H. The van der Waals surface area contributed by atoms with Crippen molar-refractivity contribution in [3.63, 3.8) is 0 Å². The second-order valence-corrected chi connectivity index (χ2v) is 4.86. The summed E-state index contributed by atoms with van der Waals surface area (Å²) in [6.45, 7) is 11.3. The van der Waals surface area contributed by atoms with Gasteiger partial charge in [0.2, 0.25) is 0 Å². The Labute approximate surface area is 141 Å². The van der Waals surface area contributed by atoms with Crippen molar-refractivity contribution in [1.82, 2.24) is 10.6 Å². The van der Waals surface area contributed by atoms with Gasteiger partial charge in [-0.1, -0.05) is 13.8 Å². The Morgan fingerprint density at radius 1 is 1.15 bits per heavy atom. The normalized spacial score (nSPS) is 11.3. The summed E-state index contributed by atoms with van der Waals surface area (Å²) in [7, 11) is 1.71. The number of halogens is 1. The van der Waals surface area contributed by atoms with Crippen molar-refractivity contribution in [2.45, 2.75) is 33.6 Å². The fourth-order valence-corrected chi connectivity index (χ4v) is 1.44. The molecule has 0 aliphatic carbocycles. The highest BCUT2D eigenvalue weighted by atomic mass is 127. The van der Waals surface area contributed by atoms with Gasteiger partial charge in [-0.05, 0) is 25.7 Å². The largest absolute Gasteiger partial charge is 0.385 e. The molecule has 0 rings (SSSR count). The molecule has 0 aromatic rings. The van der Waals surface area contributed by atoms with Crippen LogP contribution in [0.3, 0.4) is 0 Å². The molecule has 0 heterocycles. The minimum Gasteiger partial charge on any atom is -0.385 e. The molecule has 122 valence electrons. The highest BCUT2D eigenvalue weighted by Gasteiger charge is 1.97. The molecule has 0 saturated heterocycles. The Bertz CT molecular complexity index is 226. The van der Waals surface area contributed by atoms with E-state index in [1.807, 2.05) is 0 Å². The third-order valence-electron chi connectivity index (χ3n) is 2.33. The van der Waals surface area contributed by atoms with Gasteiger partial charge in [0.05, 0.1) is 0 Å². The van der Waals surface area contributed by atoms with Gasteiger partial charge in [0, 0.05) is 46.6 Å². The van der Waals surface area contributed by atoms with Crippen LogP contribution in [0.1, 0.15) is 33.6 Å². The summed E-state index contributed by atoms with van der Waals surface area (Å²) in [6.07, 6.45) is 1.94. The van der Waals surface area contributed by atoms with Crippen LogP contribution in [0.5, 0.6) is 0 Å². The predicted octanol–water partition coefficient (Wildman–Crippen LogP) is 2.26. The van der Waals surface area contributed by atoms with Gasteiger partial charge in [0.15, 0.2) is 5.96 Å². The highest BCUT2D eigenvalue weighted by molar-refractivity contribution is 14.0. The number of nitrogens with zero attached hydrogens (tertiary/aromatic N) is 1. The van der Waals surface area contributed by atoms with Crippen LogP contribution in [0.2, 0.25) is 0 Å². The molecule has 0 aliphatic heterocycles. The summed E-state index contributed by atoms with van der Waals surface area (Å²) in [5.74, 6) is 1.48. The van der Waals surface area contributed by atoms with Crippen LogP contribution in [0.15, 0.2) is 4.99 Å². The smallest absolute Gasteiger partial charge is 0.191 e. The molecule has 20 heavy (non-hydrogen) atoms. The van der Waals surface area contributed by atoms with Crippen LogP contribution in [0, 0.1) is 5.92 Å². The van der Waals surface area contributed by atoms with Gasteiger partial charge < -0.3 is 20.1 Å². The van der Waals surface area contributed by atoms with Crippen molar-refractivity contribution < 1.29 is 9.47 Å². The van der Waals surface area contributed by atoms with Crippen molar-refractivity contribution in [1.29, 1.82) is 0 Å². The molecular formula is C14H32IN3O2. The van der Waals surface area contributed by atoms with Gasteiger partial charge >= 0.3 is 0 Å². The molecule has 5 nitrogen and oxygen atoms in total. The Balaban J connectivity index is 0. The molecule has 0 spiro atoms. The van der Waals surface area contributed by atoms with Crippen molar-refractivity contribution in [2.75, 3.05) is 46.6 Å². The Kier molecular flexibility index (Phi) is 18.8. The number of rotatable bonds is 11. The number of nitrogens with one attached hydrogen (secondary N) is 2. The average molecular weight is 401 g/mol. The highest BCUT2D eigenvalue weighted by Crippen LogP contribution is 1.92. The van der Waals surface area contributed by atoms with E-state index >= 15 is 0 Å². The Morgan fingerprint density at radius 3 is 2.50 bits per heavy atom. The van der Waals surface area contributed by atoms with Gasteiger partial charge in [-0.3, -0.25) is 4.99 Å². The molecule has 0 aliphatic rings. The zero-order valence-electron chi connectivity index (χ0n) is 13.4. The Hall–Kier alpha value is -0.0800. The lowest BCUT2D eigenvalue weighted by molar-refractivity contribution is 0.108. The summed E-state index contributed by atoms with van der Waals surface area (Å²) in [6, 6.07) is 0. The van der Waals surface area contributed by atoms with Crippen LogP contribution < -0.4 is 10.6 Å². The summed E-state index contributed by atoms with van der Waals surface area (Å²) >= 11 is 0. The second-order valence-electron chi connectivity index (χ2n) is 4.86. The predicted molar refractivity (Wildman–Crippen MR) is 96.2 cm³/mol. The molecule has 6 heteroatoms. The van der Waals surface area contributed by atoms with E-state index in [0.717, 1.165) is 58.3 Å². The first kappa shape index (κ1) is 22.2. The minimum absolute atomic E-state index is 0. The first-order valence-corrected chi connectivity index (χ1v) is 7.29. The maximum Gasteiger partial charge on any atom is 0.191 e. The average Bonchev–Trinajstić information content (AvgIpc) is 2.38. The van der Waals surface area contributed by atoms with Gasteiger partial charge in [0.1, 0.15) is 0 Å². The van der Waals surface area contributed by atoms with Gasteiger partial charge in [-0.25, -0.2) is 0 Å². The Morgan fingerprint density at radius 2 is 1.90 bits per heavy atom. The molecule has 0 unspecified atom stereocenters. The third-order valence-corrected chi connectivity index (χ3v) is 2.33. The summed E-state index contributed by atoms with van der Waals surface area (Å²) in [5.41, 5.74) is 0. The minimum atomic E-state index is 0. The van der Waals surface area contributed by atoms with E-state index in [0.29, 0.717) is 5.92 Å². The van der Waals surface area contributed by atoms with Crippen LogP contribution >= 0.6 is 24.0 Å². The van der Waals surface area contributed by atoms with Crippen LogP contribution in [-0.4, -0.2) is 52.5 Å². The summed E-state index contributed by atoms with van der Waals surface area (Å²) in [4.78, 5) is 4.47. The van der Waals surface area contributed by atoms with Crippen molar-refractivity contribution >= 4 is 29.9 Å². The maximum absolute atomic E-state index is 5.53. The molecule has 0 aromatic heterocycles. The monoisotopic (exact) mass is 401 g/mol. The van der Waals surface area contributed by atoms with Gasteiger partial charge in [-0.15, -0.1) is 24.0 Å². The van der Waals surface area contributed by atoms with E-state index in [9.17, 15) is 0 Å². The van der Waals surface area contributed by atoms with Crippen LogP contribution in [0.25, 0.3) is 0 Å². The number of ether oxygens (including phenoxy) is 2. The number of guanidine groups is 1. The van der Waals surface area contributed by atoms with E-state index in [4.69, 9.17) is 9.47 Å². The third kappa shape index (κ3) is 16.0. The molecule has 0 bridgehead atoms. The second kappa shape index (κ2) is 17.0. The summed E-state index contributed by atoms with van der Waals surface area (Å²) < 4.78 is 10.5. The number of hydrogen-bond acceptors (Lipinski definition) is 3. The molecular weight excluding hydrogens is 369 g/mol. The quantitative estimate of drug-likeness (QED) is 0.241.